The van der Waals surface area contributed by atoms with Gasteiger partial charge in [0.25, 0.3) is 0 Å². The minimum absolute atomic E-state index is 0.0204. The highest BCUT2D eigenvalue weighted by Crippen LogP contribution is 2.53. The first-order valence-electron chi connectivity index (χ1n) is 9.33. The lowest BCUT2D eigenvalue weighted by Gasteiger charge is -2.52. The van der Waals surface area contributed by atoms with Gasteiger partial charge in [0.05, 0.1) is 10.6 Å². The fourth-order valence-electron chi connectivity index (χ4n) is 4.62. The molecule has 2 unspecified atom stereocenters. The second-order valence-electron chi connectivity index (χ2n) is 8.02. The van der Waals surface area contributed by atoms with Crippen molar-refractivity contribution in [2.24, 2.45) is 5.41 Å². The molecule has 1 fully saturated rings. The Balaban J connectivity index is 2.09. The minimum atomic E-state index is -1.14. The fraction of sp³-hybridized carbons (Fsp3) is 0.455. The van der Waals surface area contributed by atoms with E-state index in [4.69, 9.17) is 11.6 Å². The van der Waals surface area contributed by atoms with Crippen molar-refractivity contribution in [3.8, 4) is 0 Å². The van der Waals surface area contributed by atoms with E-state index in [2.05, 4.69) is 4.90 Å². The van der Waals surface area contributed by atoms with Crippen molar-refractivity contribution < 1.29 is 13.9 Å². The van der Waals surface area contributed by atoms with E-state index in [9.17, 15) is 13.9 Å². The normalized spacial score (nSPS) is 25.7. The largest absolute Gasteiger partial charge is 0.385 e. The first-order chi connectivity index (χ1) is 12.8. The lowest BCUT2D eigenvalue weighted by Crippen LogP contribution is -2.54. The summed E-state index contributed by atoms with van der Waals surface area (Å²) in [7, 11) is 3.97. The van der Waals surface area contributed by atoms with Crippen LogP contribution in [0.3, 0.4) is 0 Å². The molecule has 2 nitrogen and oxygen atoms in total. The van der Waals surface area contributed by atoms with Gasteiger partial charge in [-0.05, 0) is 68.8 Å². The van der Waals surface area contributed by atoms with Crippen molar-refractivity contribution in [1.82, 2.24) is 4.90 Å². The van der Waals surface area contributed by atoms with E-state index in [1.54, 1.807) is 24.3 Å². The topological polar surface area (TPSA) is 23.5 Å². The number of aliphatic hydroxyl groups is 1. The quantitative estimate of drug-likeness (QED) is 0.757. The number of nitrogens with zero attached hydrogens (tertiary/aromatic N) is 1. The molecule has 1 N–H and O–H groups in total. The van der Waals surface area contributed by atoms with Crippen LogP contribution in [0, 0.1) is 17.0 Å². The Morgan fingerprint density at radius 2 is 1.70 bits per heavy atom. The zero-order valence-corrected chi connectivity index (χ0v) is 16.6. The molecule has 0 bridgehead atoms. The highest BCUT2D eigenvalue weighted by Gasteiger charge is 2.52. The average molecular weight is 394 g/mol. The minimum Gasteiger partial charge on any atom is -0.385 e. The number of rotatable bonds is 5. The van der Waals surface area contributed by atoms with Crippen LogP contribution in [0.1, 0.15) is 36.8 Å². The summed E-state index contributed by atoms with van der Waals surface area (Å²) in [6.45, 7) is 0.663. The van der Waals surface area contributed by atoms with Crippen LogP contribution in [-0.2, 0) is 12.0 Å². The van der Waals surface area contributed by atoms with Gasteiger partial charge in [0.15, 0.2) is 0 Å². The molecule has 1 aliphatic rings. The summed E-state index contributed by atoms with van der Waals surface area (Å²) >= 11 is 6.03. The Bertz CT molecular complexity index is 795. The second-order valence-corrected chi connectivity index (χ2v) is 8.42. The molecular weight excluding hydrogens is 368 g/mol. The van der Waals surface area contributed by atoms with E-state index in [0.717, 1.165) is 24.8 Å². The summed E-state index contributed by atoms with van der Waals surface area (Å²) < 4.78 is 27.1. The number of benzene rings is 2. The first-order valence-corrected chi connectivity index (χ1v) is 9.71. The van der Waals surface area contributed by atoms with Gasteiger partial charge in [0, 0.05) is 12.0 Å². The zero-order valence-electron chi connectivity index (χ0n) is 15.8. The van der Waals surface area contributed by atoms with Crippen molar-refractivity contribution in [2.45, 2.75) is 37.7 Å². The molecule has 0 saturated heterocycles. The van der Waals surface area contributed by atoms with Crippen LogP contribution in [0.25, 0.3) is 0 Å². The van der Waals surface area contributed by atoms with Gasteiger partial charge in [-0.3, -0.25) is 0 Å². The predicted molar refractivity (Wildman–Crippen MR) is 105 cm³/mol. The molecule has 2 aromatic rings. The molecule has 1 aliphatic carbocycles. The summed E-state index contributed by atoms with van der Waals surface area (Å²) in [6.07, 6.45) is 3.92. The Hall–Kier alpha value is -1.49. The van der Waals surface area contributed by atoms with Gasteiger partial charge in [-0.2, -0.15) is 0 Å². The third-order valence-electron chi connectivity index (χ3n) is 5.79. The molecule has 2 aromatic carbocycles. The van der Waals surface area contributed by atoms with Crippen molar-refractivity contribution in [1.29, 1.82) is 0 Å². The maximum absolute atomic E-state index is 13.7. The Kier molecular flexibility index (Phi) is 5.90. The van der Waals surface area contributed by atoms with Crippen LogP contribution in [0.4, 0.5) is 8.78 Å². The maximum atomic E-state index is 13.7. The summed E-state index contributed by atoms with van der Waals surface area (Å²) in [5.74, 6) is -0.763. The van der Waals surface area contributed by atoms with Crippen molar-refractivity contribution in [3.63, 3.8) is 0 Å². The van der Waals surface area contributed by atoms with E-state index in [1.807, 2.05) is 14.1 Å². The van der Waals surface area contributed by atoms with E-state index in [0.29, 0.717) is 24.9 Å². The first kappa shape index (κ1) is 20.2. The lowest BCUT2D eigenvalue weighted by molar-refractivity contribution is -0.131. The standard InChI is InChI=1S/C22H26ClF2NO/c1-26(2)15-21(14-16-5-8-18(24)9-6-16)11-3-4-12-22(21,27)17-7-10-20(25)19(23)13-17/h5-10,13,27H,3-4,11-12,14-15H2,1-2H3. The van der Waals surface area contributed by atoms with Crippen LogP contribution in [0.2, 0.25) is 5.02 Å². The van der Waals surface area contributed by atoms with Crippen LogP contribution < -0.4 is 0 Å². The third kappa shape index (κ3) is 4.03. The molecule has 146 valence electrons. The summed E-state index contributed by atoms with van der Waals surface area (Å²) in [6, 6.07) is 11.0. The monoisotopic (exact) mass is 393 g/mol. The van der Waals surface area contributed by atoms with Gasteiger partial charge in [-0.15, -0.1) is 0 Å². The molecule has 5 heteroatoms. The van der Waals surface area contributed by atoms with Gasteiger partial charge >= 0.3 is 0 Å². The van der Waals surface area contributed by atoms with E-state index >= 15 is 0 Å². The molecule has 1 saturated carbocycles. The molecule has 27 heavy (non-hydrogen) atoms. The summed E-state index contributed by atoms with van der Waals surface area (Å²) in [5, 5.41) is 12.0. The van der Waals surface area contributed by atoms with Crippen LogP contribution >= 0.6 is 11.6 Å². The van der Waals surface area contributed by atoms with Gasteiger partial charge < -0.3 is 10.0 Å². The molecule has 0 aromatic heterocycles. The van der Waals surface area contributed by atoms with E-state index in [-0.39, 0.29) is 10.8 Å². The van der Waals surface area contributed by atoms with Crippen LogP contribution in [0.5, 0.6) is 0 Å². The Morgan fingerprint density at radius 3 is 2.33 bits per heavy atom. The zero-order chi connectivity index (χ0) is 19.7. The molecule has 0 heterocycles. The van der Waals surface area contributed by atoms with Gasteiger partial charge in [-0.25, -0.2) is 8.78 Å². The smallest absolute Gasteiger partial charge is 0.141 e. The maximum Gasteiger partial charge on any atom is 0.141 e. The van der Waals surface area contributed by atoms with Gasteiger partial charge in [-0.1, -0.05) is 42.6 Å². The van der Waals surface area contributed by atoms with Crippen molar-refractivity contribution in [2.75, 3.05) is 20.6 Å². The van der Waals surface area contributed by atoms with Crippen LogP contribution in [-0.4, -0.2) is 30.6 Å². The van der Waals surface area contributed by atoms with Crippen LogP contribution in [0.15, 0.2) is 42.5 Å². The number of hydrogen-bond acceptors (Lipinski definition) is 2. The van der Waals surface area contributed by atoms with E-state index < -0.39 is 16.8 Å². The molecule has 0 aliphatic heterocycles. The predicted octanol–water partition coefficient (Wildman–Crippen LogP) is 5.17. The van der Waals surface area contributed by atoms with Crippen molar-refractivity contribution in [3.05, 3.63) is 70.2 Å². The van der Waals surface area contributed by atoms with E-state index in [1.165, 1.54) is 18.2 Å². The number of halogens is 3. The number of hydrogen-bond donors (Lipinski definition) is 1. The molecule has 0 spiro atoms. The SMILES string of the molecule is CN(C)CC1(Cc2ccc(F)cc2)CCCCC1(O)c1ccc(F)c(Cl)c1. The summed E-state index contributed by atoms with van der Waals surface area (Å²) in [5.41, 5.74) is 0.0129. The molecular formula is C22H26ClF2NO. The highest BCUT2D eigenvalue weighted by molar-refractivity contribution is 6.30. The van der Waals surface area contributed by atoms with Gasteiger partial charge in [0.1, 0.15) is 11.6 Å². The third-order valence-corrected chi connectivity index (χ3v) is 6.08. The highest BCUT2D eigenvalue weighted by atomic mass is 35.5. The Labute approximate surface area is 164 Å². The van der Waals surface area contributed by atoms with Crippen molar-refractivity contribution >= 4 is 11.6 Å². The average Bonchev–Trinajstić information content (AvgIpc) is 2.61. The molecule has 0 amide bonds. The van der Waals surface area contributed by atoms with Gasteiger partial charge in [0.2, 0.25) is 0 Å². The Morgan fingerprint density at radius 1 is 1.04 bits per heavy atom. The molecule has 3 rings (SSSR count). The lowest BCUT2D eigenvalue weighted by atomic mass is 9.58. The molecule has 0 radical (unpaired) electrons. The second kappa shape index (κ2) is 7.86. The summed E-state index contributed by atoms with van der Waals surface area (Å²) in [4.78, 5) is 2.07. The molecule has 2 atom stereocenters. The fourth-order valence-corrected chi connectivity index (χ4v) is 4.80.